The van der Waals surface area contributed by atoms with Crippen LogP contribution in [0.2, 0.25) is 0 Å². The van der Waals surface area contributed by atoms with E-state index in [-0.39, 0.29) is 5.54 Å². The van der Waals surface area contributed by atoms with Gasteiger partial charge in [0.1, 0.15) is 0 Å². The summed E-state index contributed by atoms with van der Waals surface area (Å²) in [6.07, 6.45) is 2.78. The molecule has 92 valence electrons. The van der Waals surface area contributed by atoms with Crippen molar-refractivity contribution in [3.05, 3.63) is 0 Å². The molecule has 0 atom stereocenters. The van der Waals surface area contributed by atoms with Crippen LogP contribution in [-0.4, -0.2) is 36.5 Å². The first-order valence-corrected chi connectivity index (χ1v) is 6.37. The van der Waals surface area contributed by atoms with Crippen molar-refractivity contribution in [2.24, 2.45) is 16.3 Å². The Morgan fingerprint density at radius 1 is 1.31 bits per heavy atom. The van der Waals surface area contributed by atoms with Gasteiger partial charge in [-0.25, -0.2) is 0 Å². The van der Waals surface area contributed by atoms with Gasteiger partial charge in [-0.3, -0.25) is 4.99 Å². The summed E-state index contributed by atoms with van der Waals surface area (Å²) in [6.45, 7) is 11.5. The fraction of sp³-hybridized carbons (Fsp3) is 0.923. The first-order valence-electron chi connectivity index (χ1n) is 6.37. The van der Waals surface area contributed by atoms with E-state index in [0.29, 0.717) is 5.41 Å². The second kappa shape index (κ2) is 3.64. The average molecular weight is 223 g/mol. The minimum atomic E-state index is 0.207. The highest BCUT2D eigenvalue weighted by Crippen LogP contribution is 2.46. The van der Waals surface area contributed by atoms with Crippen molar-refractivity contribution in [3.8, 4) is 0 Å². The average Bonchev–Trinajstić information content (AvgIpc) is 3.00. The van der Waals surface area contributed by atoms with E-state index in [9.17, 15) is 0 Å². The molecule has 0 radical (unpaired) electrons. The molecule has 0 amide bonds. The summed E-state index contributed by atoms with van der Waals surface area (Å²) in [4.78, 5) is 6.80. The first-order chi connectivity index (χ1) is 7.38. The van der Waals surface area contributed by atoms with E-state index in [1.807, 2.05) is 7.05 Å². The summed E-state index contributed by atoms with van der Waals surface area (Å²) in [7, 11) is 1.89. The standard InChI is InChI=1S/C13H25N3/c1-12(2)9-16(13(12,3)4)11(14-5)15-8-10-6-7-10/h10H,6-9H2,1-5H3,(H,14,15). The topological polar surface area (TPSA) is 27.6 Å². The molecule has 3 nitrogen and oxygen atoms in total. The molecule has 2 aliphatic rings. The summed E-state index contributed by atoms with van der Waals surface area (Å²) in [5.41, 5.74) is 0.586. The van der Waals surface area contributed by atoms with E-state index < -0.39 is 0 Å². The van der Waals surface area contributed by atoms with E-state index in [1.165, 1.54) is 12.8 Å². The molecule has 1 N–H and O–H groups in total. The SMILES string of the molecule is CN=C(NCC1CC1)N1CC(C)(C)C1(C)C. The van der Waals surface area contributed by atoms with Gasteiger partial charge in [-0.2, -0.15) is 0 Å². The lowest BCUT2D eigenvalue weighted by Gasteiger charge is -2.62. The molecule has 1 aliphatic carbocycles. The molecule has 0 aromatic heterocycles. The molecule has 1 saturated carbocycles. The van der Waals surface area contributed by atoms with Gasteiger partial charge in [-0.15, -0.1) is 0 Å². The van der Waals surface area contributed by atoms with Crippen LogP contribution >= 0.6 is 0 Å². The second-order valence-corrected chi connectivity index (χ2v) is 6.40. The maximum absolute atomic E-state index is 4.40. The summed E-state index contributed by atoms with van der Waals surface area (Å²) >= 11 is 0. The fourth-order valence-electron chi connectivity index (χ4n) is 2.25. The Labute approximate surface area is 99.3 Å². The van der Waals surface area contributed by atoms with Crippen molar-refractivity contribution in [2.75, 3.05) is 20.1 Å². The Morgan fingerprint density at radius 2 is 1.94 bits per heavy atom. The normalized spacial score (nSPS) is 27.6. The number of likely N-dealkylation sites (tertiary alicyclic amines) is 1. The van der Waals surface area contributed by atoms with E-state index in [4.69, 9.17) is 0 Å². The maximum Gasteiger partial charge on any atom is 0.194 e. The molecule has 1 heterocycles. The summed E-state index contributed by atoms with van der Waals surface area (Å²) in [5, 5.41) is 3.50. The Kier molecular flexibility index (Phi) is 2.67. The molecule has 2 fully saturated rings. The molecule has 0 aromatic carbocycles. The van der Waals surface area contributed by atoms with Gasteiger partial charge in [0, 0.05) is 31.1 Å². The zero-order valence-corrected chi connectivity index (χ0v) is 11.3. The Balaban J connectivity index is 1.95. The quantitative estimate of drug-likeness (QED) is 0.573. The third kappa shape index (κ3) is 1.80. The molecule has 1 saturated heterocycles. The van der Waals surface area contributed by atoms with E-state index in [2.05, 4.69) is 42.9 Å². The largest absolute Gasteiger partial charge is 0.356 e. The molecular weight excluding hydrogens is 198 g/mol. The highest BCUT2D eigenvalue weighted by atomic mass is 15.4. The van der Waals surface area contributed by atoms with Crippen LogP contribution in [0.15, 0.2) is 4.99 Å². The van der Waals surface area contributed by atoms with Gasteiger partial charge in [0.15, 0.2) is 5.96 Å². The van der Waals surface area contributed by atoms with Gasteiger partial charge in [-0.1, -0.05) is 13.8 Å². The lowest BCUT2D eigenvalue weighted by Crippen LogP contribution is -2.72. The molecule has 0 spiro atoms. The van der Waals surface area contributed by atoms with Crippen molar-refractivity contribution in [1.82, 2.24) is 10.2 Å². The highest BCUT2D eigenvalue weighted by molar-refractivity contribution is 5.82. The number of hydrogen-bond acceptors (Lipinski definition) is 1. The number of nitrogens with zero attached hydrogens (tertiary/aromatic N) is 2. The number of rotatable bonds is 2. The molecule has 2 rings (SSSR count). The fourth-order valence-corrected chi connectivity index (χ4v) is 2.25. The van der Waals surface area contributed by atoms with Crippen LogP contribution in [0.25, 0.3) is 0 Å². The van der Waals surface area contributed by atoms with Crippen LogP contribution in [0.4, 0.5) is 0 Å². The molecule has 0 aromatic rings. The number of nitrogens with one attached hydrogen (secondary N) is 1. The molecule has 0 unspecified atom stereocenters. The third-order valence-corrected chi connectivity index (χ3v) is 4.60. The van der Waals surface area contributed by atoms with Gasteiger partial charge in [0.2, 0.25) is 0 Å². The molecule has 16 heavy (non-hydrogen) atoms. The Morgan fingerprint density at radius 3 is 2.31 bits per heavy atom. The van der Waals surface area contributed by atoms with Crippen LogP contribution in [0.5, 0.6) is 0 Å². The van der Waals surface area contributed by atoms with Crippen LogP contribution in [0, 0.1) is 11.3 Å². The number of guanidine groups is 1. The van der Waals surface area contributed by atoms with Crippen molar-refractivity contribution < 1.29 is 0 Å². The van der Waals surface area contributed by atoms with Crippen LogP contribution < -0.4 is 5.32 Å². The van der Waals surface area contributed by atoms with Gasteiger partial charge in [0.25, 0.3) is 0 Å². The molecular formula is C13H25N3. The Hall–Kier alpha value is -0.730. The van der Waals surface area contributed by atoms with Crippen LogP contribution in [0.1, 0.15) is 40.5 Å². The first kappa shape index (κ1) is 11.7. The number of aliphatic imine (C=N–C) groups is 1. The summed E-state index contributed by atoms with van der Waals surface area (Å²) in [5.74, 6) is 1.98. The van der Waals surface area contributed by atoms with Crippen molar-refractivity contribution >= 4 is 5.96 Å². The monoisotopic (exact) mass is 223 g/mol. The zero-order chi connectivity index (χ0) is 12.0. The maximum atomic E-state index is 4.40. The van der Waals surface area contributed by atoms with Crippen molar-refractivity contribution in [1.29, 1.82) is 0 Å². The van der Waals surface area contributed by atoms with E-state index >= 15 is 0 Å². The van der Waals surface area contributed by atoms with Gasteiger partial charge < -0.3 is 10.2 Å². The summed E-state index contributed by atoms with van der Waals surface area (Å²) < 4.78 is 0. The van der Waals surface area contributed by atoms with Crippen molar-refractivity contribution in [3.63, 3.8) is 0 Å². The van der Waals surface area contributed by atoms with Crippen LogP contribution in [-0.2, 0) is 0 Å². The molecule has 3 heteroatoms. The molecule has 0 bridgehead atoms. The van der Waals surface area contributed by atoms with Crippen LogP contribution in [0.3, 0.4) is 0 Å². The Bertz CT molecular complexity index is 300. The minimum Gasteiger partial charge on any atom is -0.356 e. The molecule has 1 aliphatic heterocycles. The lowest BCUT2D eigenvalue weighted by molar-refractivity contribution is -0.0667. The predicted octanol–water partition coefficient (Wildman–Crippen LogP) is 2.09. The van der Waals surface area contributed by atoms with Gasteiger partial charge in [0.05, 0.1) is 0 Å². The highest BCUT2D eigenvalue weighted by Gasteiger charge is 2.53. The third-order valence-electron chi connectivity index (χ3n) is 4.60. The minimum absolute atomic E-state index is 0.207. The van der Waals surface area contributed by atoms with E-state index in [1.54, 1.807) is 0 Å². The smallest absolute Gasteiger partial charge is 0.194 e. The number of hydrogen-bond donors (Lipinski definition) is 1. The second-order valence-electron chi connectivity index (χ2n) is 6.40. The zero-order valence-electron chi connectivity index (χ0n) is 11.3. The summed E-state index contributed by atoms with van der Waals surface area (Å²) in [6, 6.07) is 0. The van der Waals surface area contributed by atoms with Gasteiger partial charge >= 0.3 is 0 Å². The van der Waals surface area contributed by atoms with E-state index in [0.717, 1.165) is 25.0 Å². The van der Waals surface area contributed by atoms with Gasteiger partial charge in [-0.05, 0) is 32.6 Å². The van der Waals surface area contributed by atoms with Crippen molar-refractivity contribution in [2.45, 2.75) is 46.1 Å². The predicted molar refractivity (Wildman–Crippen MR) is 68.7 cm³/mol. The lowest BCUT2D eigenvalue weighted by atomic mass is 9.65.